The van der Waals surface area contributed by atoms with Crippen LogP contribution in [0.4, 0.5) is 0 Å². The lowest BCUT2D eigenvalue weighted by Crippen LogP contribution is -2.38. The summed E-state index contributed by atoms with van der Waals surface area (Å²) in [4.78, 5) is 30.1. The molecule has 0 aromatic heterocycles. The van der Waals surface area contributed by atoms with Crippen molar-refractivity contribution in [2.75, 3.05) is 46.5 Å². The molecule has 2 heterocycles. The second-order valence-corrected chi connectivity index (χ2v) is 8.97. The van der Waals surface area contributed by atoms with Crippen molar-refractivity contribution in [3.8, 4) is 5.75 Å². The zero-order chi connectivity index (χ0) is 24.2. The summed E-state index contributed by atoms with van der Waals surface area (Å²) in [5.41, 5.74) is 2.27. The van der Waals surface area contributed by atoms with Crippen LogP contribution in [-0.4, -0.2) is 73.1 Å². The molecule has 34 heavy (non-hydrogen) atoms. The summed E-state index contributed by atoms with van der Waals surface area (Å²) < 4.78 is 10.6. The topological polar surface area (TPSA) is 79.3 Å². The van der Waals surface area contributed by atoms with E-state index in [0.29, 0.717) is 42.5 Å². The molecule has 0 aliphatic carbocycles. The molecule has 8 heteroatoms. The Labute approximate surface area is 204 Å². The van der Waals surface area contributed by atoms with Gasteiger partial charge in [-0.3, -0.25) is 14.5 Å². The number of methoxy groups -OCH3 is 1. The Kier molecular flexibility index (Phi) is 7.56. The number of rotatable bonds is 7. The average molecular weight is 485 g/mol. The third-order valence-electron chi connectivity index (χ3n) is 6.34. The average Bonchev–Trinajstić information content (AvgIpc) is 3.09. The number of amides is 1. The van der Waals surface area contributed by atoms with Crippen LogP contribution in [0.5, 0.6) is 5.75 Å². The predicted octanol–water partition coefficient (Wildman–Crippen LogP) is 3.80. The molecule has 2 aliphatic heterocycles. The standard InChI is InChI=1S/C26H29ClN2O5/c1-17-4-6-18(7-5-17)23-22(24(30)19-8-9-21(33-2)20(27)16-19)25(31)26(32)29(23)11-3-10-28-12-14-34-15-13-28/h4-9,16,23,30H,3,10-15H2,1-2H3/t23-/m0/s1. The molecule has 0 bridgehead atoms. The maximum absolute atomic E-state index is 13.2. The van der Waals surface area contributed by atoms with Gasteiger partial charge in [0.25, 0.3) is 11.7 Å². The van der Waals surface area contributed by atoms with E-state index in [2.05, 4.69) is 4.90 Å². The fraction of sp³-hybridized carbons (Fsp3) is 0.385. The van der Waals surface area contributed by atoms with Crippen LogP contribution in [0.25, 0.3) is 5.76 Å². The highest BCUT2D eigenvalue weighted by Crippen LogP contribution is 2.40. The van der Waals surface area contributed by atoms with E-state index >= 15 is 0 Å². The van der Waals surface area contributed by atoms with Gasteiger partial charge in [0.2, 0.25) is 0 Å². The third kappa shape index (κ3) is 4.97. The number of likely N-dealkylation sites (tertiary alicyclic amines) is 1. The van der Waals surface area contributed by atoms with Crippen molar-refractivity contribution in [2.24, 2.45) is 0 Å². The van der Waals surface area contributed by atoms with Gasteiger partial charge in [-0.15, -0.1) is 0 Å². The molecule has 0 radical (unpaired) electrons. The molecule has 0 spiro atoms. The number of ether oxygens (including phenoxy) is 2. The van der Waals surface area contributed by atoms with Crippen LogP contribution in [0.2, 0.25) is 5.02 Å². The normalized spacial score (nSPS) is 20.7. The number of hydrogen-bond acceptors (Lipinski definition) is 6. The predicted molar refractivity (Wildman–Crippen MR) is 130 cm³/mol. The summed E-state index contributed by atoms with van der Waals surface area (Å²) in [5.74, 6) is -1.09. The first kappa shape index (κ1) is 24.3. The van der Waals surface area contributed by atoms with Gasteiger partial charge in [-0.2, -0.15) is 0 Å². The number of aryl methyl sites for hydroxylation is 1. The van der Waals surface area contributed by atoms with E-state index < -0.39 is 17.7 Å². The molecule has 1 N–H and O–H groups in total. The molecule has 2 aromatic rings. The van der Waals surface area contributed by atoms with Crippen LogP contribution >= 0.6 is 11.6 Å². The summed E-state index contributed by atoms with van der Waals surface area (Å²) in [7, 11) is 1.50. The van der Waals surface area contributed by atoms with Gasteiger partial charge in [-0.25, -0.2) is 0 Å². The number of Topliss-reactive ketones (excluding diaryl/α,β-unsaturated/α-hetero) is 1. The second-order valence-electron chi connectivity index (χ2n) is 8.56. The summed E-state index contributed by atoms with van der Waals surface area (Å²) in [6.07, 6.45) is 0.712. The number of nitrogens with zero attached hydrogens (tertiary/aromatic N) is 2. The highest BCUT2D eigenvalue weighted by molar-refractivity contribution is 6.46. The van der Waals surface area contributed by atoms with Crippen molar-refractivity contribution in [3.63, 3.8) is 0 Å². The van der Waals surface area contributed by atoms with Crippen LogP contribution in [0, 0.1) is 6.92 Å². The Morgan fingerprint density at radius 2 is 1.82 bits per heavy atom. The first-order chi connectivity index (χ1) is 16.4. The van der Waals surface area contributed by atoms with Gasteiger partial charge in [0, 0.05) is 31.7 Å². The molecule has 2 aliphatic rings. The number of ketones is 1. The minimum Gasteiger partial charge on any atom is -0.507 e. The molecule has 1 amide bonds. The van der Waals surface area contributed by atoms with Crippen LogP contribution in [0.3, 0.4) is 0 Å². The van der Waals surface area contributed by atoms with Crippen LogP contribution in [0.1, 0.15) is 29.2 Å². The SMILES string of the molecule is COc1ccc(C(O)=C2C(=O)C(=O)N(CCCN3CCOCC3)[C@H]2c2ccc(C)cc2)cc1Cl. The smallest absolute Gasteiger partial charge is 0.295 e. The molecule has 4 rings (SSSR count). The van der Waals surface area contributed by atoms with Crippen molar-refractivity contribution in [1.82, 2.24) is 9.80 Å². The first-order valence-electron chi connectivity index (χ1n) is 11.4. The summed E-state index contributed by atoms with van der Waals surface area (Å²) in [5, 5.41) is 11.5. The number of halogens is 1. The zero-order valence-electron chi connectivity index (χ0n) is 19.4. The molecule has 2 aromatic carbocycles. The van der Waals surface area contributed by atoms with Crippen molar-refractivity contribution >= 4 is 29.1 Å². The lowest BCUT2D eigenvalue weighted by Gasteiger charge is -2.29. The van der Waals surface area contributed by atoms with E-state index in [9.17, 15) is 14.7 Å². The minimum atomic E-state index is -0.693. The van der Waals surface area contributed by atoms with Gasteiger partial charge in [0.1, 0.15) is 11.5 Å². The summed E-state index contributed by atoms with van der Waals surface area (Å²) in [6.45, 7) is 6.32. The van der Waals surface area contributed by atoms with Gasteiger partial charge in [0.15, 0.2) is 0 Å². The van der Waals surface area contributed by atoms with Gasteiger partial charge in [-0.1, -0.05) is 41.4 Å². The quantitative estimate of drug-likeness (QED) is 0.366. The molecule has 2 fully saturated rings. The number of benzene rings is 2. The molecule has 0 unspecified atom stereocenters. The molecular weight excluding hydrogens is 456 g/mol. The molecule has 2 saturated heterocycles. The van der Waals surface area contributed by atoms with E-state index in [1.165, 1.54) is 13.2 Å². The summed E-state index contributed by atoms with van der Waals surface area (Å²) in [6, 6.07) is 11.8. The monoisotopic (exact) mass is 484 g/mol. The fourth-order valence-electron chi connectivity index (χ4n) is 4.46. The number of morpholine rings is 1. The number of carbonyl (C=O) groups excluding carboxylic acids is 2. The number of hydrogen-bond donors (Lipinski definition) is 1. The zero-order valence-corrected chi connectivity index (χ0v) is 20.2. The second kappa shape index (κ2) is 10.6. The number of aliphatic hydroxyl groups is 1. The molecule has 180 valence electrons. The van der Waals surface area contributed by atoms with E-state index in [0.717, 1.165) is 30.8 Å². The largest absolute Gasteiger partial charge is 0.507 e. The van der Waals surface area contributed by atoms with Gasteiger partial charge < -0.3 is 19.5 Å². The van der Waals surface area contributed by atoms with Gasteiger partial charge in [0.05, 0.1) is 37.0 Å². The first-order valence-corrected chi connectivity index (χ1v) is 11.8. The van der Waals surface area contributed by atoms with Crippen molar-refractivity contribution in [2.45, 2.75) is 19.4 Å². The number of carbonyl (C=O) groups is 2. The van der Waals surface area contributed by atoms with E-state index in [1.54, 1.807) is 17.0 Å². The number of aliphatic hydroxyl groups excluding tert-OH is 1. The fourth-order valence-corrected chi connectivity index (χ4v) is 4.72. The lowest BCUT2D eigenvalue weighted by molar-refractivity contribution is -0.140. The maximum Gasteiger partial charge on any atom is 0.295 e. The Hall–Kier alpha value is -2.87. The highest BCUT2D eigenvalue weighted by Gasteiger charge is 2.45. The highest BCUT2D eigenvalue weighted by atomic mass is 35.5. The van der Waals surface area contributed by atoms with Crippen molar-refractivity contribution in [1.29, 1.82) is 0 Å². The van der Waals surface area contributed by atoms with Crippen LogP contribution in [0.15, 0.2) is 48.0 Å². The van der Waals surface area contributed by atoms with Crippen molar-refractivity contribution < 1.29 is 24.2 Å². The van der Waals surface area contributed by atoms with Crippen LogP contribution < -0.4 is 4.74 Å². The minimum absolute atomic E-state index is 0.0708. The molecule has 1 atom stereocenters. The molecule has 7 nitrogen and oxygen atoms in total. The summed E-state index contributed by atoms with van der Waals surface area (Å²) >= 11 is 6.25. The Balaban J connectivity index is 1.68. The van der Waals surface area contributed by atoms with E-state index in [-0.39, 0.29) is 11.3 Å². The maximum atomic E-state index is 13.2. The third-order valence-corrected chi connectivity index (χ3v) is 6.63. The Bertz CT molecular complexity index is 1090. The van der Waals surface area contributed by atoms with Gasteiger partial charge >= 0.3 is 0 Å². The van der Waals surface area contributed by atoms with Crippen molar-refractivity contribution in [3.05, 3.63) is 69.8 Å². The Morgan fingerprint density at radius 3 is 2.47 bits per heavy atom. The van der Waals surface area contributed by atoms with Crippen LogP contribution in [-0.2, 0) is 14.3 Å². The van der Waals surface area contributed by atoms with Gasteiger partial charge in [-0.05, 0) is 37.1 Å². The Morgan fingerprint density at radius 1 is 1.12 bits per heavy atom. The molecular formula is C26H29ClN2O5. The van der Waals surface area contributed by atoms with E-state index in [1.807, 2.05) is 31.2 Å². The molecule has 0 saturated carbocycles. The lowest BCUT2D eigenvalue weighted by atomic mass is 9.94. The van der Waals surface area contributed by atoms with E-state index in [4.69, 9.17) is 21.1 Å².